The summed E-state index contributed by atoms with van der Waals surface area (Å²) in [5.41, 5.74) is 0. The standard InChI is InChI=1S/C4H10OPS/c1-3-6(5)7-4-2/h3-4H2,1-2H3/q+1. The molecule has 3 heteroatoms. The van der Waals surface area contributed by atoms with Crippen molar-refractivity contribution < 1.29 is 4.57 Å². The van der Waals surface area contributed by atoms with Crippen LogP contribution < -0.4 is 0 Å². The molecule has 0 aromatic rings. The highest BCUT2D eigenvalue weighted by Gasteiger charge is 2.09. The van der Waals surface area contributed by atoms with Crippen LogP contribution in [0.5, 0.6) is 0 Å². The van der Waals surface area contributed by atoms with Crippen LogP contribution in [0.15, 0.2) is 0 Å². The molecular weight excluding hydrogens is 127 g/mol. The smallest absolute Gasteiger partial charge is 0.0597 e. The van der Waals surface area contributed by atoms with Crippen molar-refractivity contribution in [3.8, 4) is 0 Å². The molecular formula is C4H10OPS+. The van der Waals surface area contributed by atoms with Gasteiger partial charge in [0.15, 0.2) is 6.16 Å². The first kappa shape index (κ1) is 7.45. The van der Waals surface area contributed by atoms with Crippen LogP contribution >= 0.6 is 18.4 Å². The minimum atomic E-state index is -0.912. The van der Waals surface area contributed by atoms with Crippen LogP contribution in [0.4, 0.5) is 0 Å². The first-order valence-electron chi connectivity index (χ1n) is 2.38. The topological polar surface area (TPSA) is 17.1 Å². The van der Waals surface area contributed by atoms with E-state index in [4.69, 9.17) is 0 Å². The Morgan fingerprint density at radius 3 is 2.29 bits per heavy atom. The molecule has 0 saturated heterocycles. The maximum Gasteiger partial charge on any atom is 0.410 e. The second kappa shape index (κ2) is 4.61. The van der Waals surface area contributed by atoms with Gasteiger partial charge in [-0.05, 0) is 6.92 Å². The maximum absolute atomic E-state index is 10.5. The van der Waals surface area contributed by atoms with E-state index in [1.807, 2.05) is 13.8 Å². The minimum Gasteiger partial charge on any atom is -0.0597 e. The second-order valence-corrected chi connectivity index (χ2v) is 5.20. The van der Waals surface area contributed by atoms with Gasteiger partial charge in [0.25, 0.3) is 0 Å². The van der Waals surface area contributed by atoms with Gasteiger partial charge in [0.2, 0.25) is 0 Å². The quantitative estimate of drug-likeness (QED) is 0.556. The molecule has 0 aliphatic heterocycles. The third kappa shape index (κ3) is 4.30. The van der Waals surface area contributed by atoms with Gasteiger partial charge in [-0.3, -0.25) is 0 Å². The molecule has 0 heterocycles. The molecule has 1 nitrogen and oxygen atoms in total. The Balaban J connectivity index is 3.00. The molecule has 0 saturated carbocycles. The summed E-state index contributed by atoms with van der Waals surface area (Å²) in [4.78, 5) is 0. The number of hydrogen-bond donors (Lipinski definition) is 0. The van der Waals surface area contributed by atoms with Crippen molar-refractivity contribution in [1.29, 1.82) is 0 Å². The second-order valence-electron chi connectivity index (χ2n) is 1.07. The molecule has 0 N–H and O–H groups in total. The van der Waals surface area contributed by atoms with Crippen molar-refractivity contribution in [2.75, 3.05) is 11.9 Å². The van der Waals surface area contributed by atoms with E-state index >= 15 is 0 Å². The van der Waals surface area contributed by atoms with E-state index in [1.165, 1.54) is 0 Å². The van der Waals surface area contributed by atoms with Gasteiger partial charge in [-0.1, -0.05) is 11.5 Å². The Kier molecular flexibility index (Phi) is 4.90. The predicted molar refractivity (Wildman–Crippen MR) is 36.3 cm³/mol. The number of rotatable bonds is 3. The Labute approximate surface area is 49.4 Å². The van der Waals surface area contributed by atoms with E-state index < -0.39 is 7.00 Å². The van der Waals surface area contributed by atoms with Crippen LogP contribution in [0.3, 0.4) is 0 Å². The summed E-state index contributed by atoms with van der Waals surface area (Å²) >= 11 is 1.54. The van der Waals surface area contributed by atoms with Gasteiger partial charge in [-0.25, -0.2) is 0 Å². The molecule has 0 bridgehead atoms. The summed E-state index contributed by atoms with van der Waals surface area (Å²) in [7, 11) is -0.912. The fraction of sp³-hybridized carbons (Fsp3) is 1.00. The third-order valence-corrected chi connectivity index (χ3v) is 4.01. The fourth-order valence-corrected chi connectivity index (χ4v) is 2.12. The lowest BCUT2D eigenvalue weighted by molar-refractivity contribution is 0.597. The Hall–Kier alpha value is 0.450. The molecule has 0 spiro atoms. The van der Waals surface area contributed by atoms with E-state index in [1.54, 1.807) is 11.4 Å². The monoisotopic (exact) mass is 137 g/mol. The van der Waals surface area contributed by atoms with Crippen LogP contribution in [-0.2, 0) is 4.57 Å². The van der Waals surface area contributed by atoms with Crippen molar-refractivity contribution in [1.82, 2.24) is 0 Å². The summed E-state index contributed by atoms with van der Waals surface area (Å²) in [6.45, 7) is 3.97. The molecule has 1 unspecified atom stereocenters. The van der Waals surface area contributed by atoms with Gasteiger partial charge < -0.3 is 0 Å². The number of hydrogen-bond acceptors (Lipinski definition) is 2. The SMILES string of the molecule is CCS[P+](=O)CC. The van der Waals surface area contributed by atoms with E-state index in [2.05, 4.69) is 0 Å². The average molecular weight is 137 g/mol. The Bertz CT molecular complexity index is 64.7. The zero-order valence-electron chi connectivity index (χ0n) is 4.68. The van der Waals surface area contributed by atoms with Crippen molar-refractivity contribution in [2.24, 2.45) is 0 Å². The molecule has 1 atom stereocenters. The normalized spacial score (nSPS) is 11.4. The van der Waals surface area contributed by atoms with E-state index in [-0.39, 0.29) is 0 Å². The summed E-state index contributed by atoms with van der Waals surface area (Å²) in [6.07, 6.45) is 0.813. The van der Waals surface area contributed by atoms with Crippen LogP contribution in [0.1, 0.15) is 13.8 Å². The molecule has 0 rings (SSSR count). The highest BCUT2D eigenvalue weighted by molar-refractivity contribution is 8.51. The summed E-state index contributed by atoms with van der Waals surface area (Å²) < 4.78 is 10.5. The van der Waals surface area contributed by atoms with Gasteiger partial charge in [-0.15, -0.1) is 0 Å². The lowest BCUT2D eigenvalue weighted by Gasteiger charge is -1.71. The summed E-state index contributed by atoms with van der Waals surface area (Å²) in [5.74, 6) is 0.975. The lowest BCUT2D eigenvalue weighted by Crippen LogP contribution is -1.61. The van der Waals surface area contributed by atoms with Crippen molar-refractivity contribution >= 4 is 18.4 Å². The van der Waals surface area contributed by atoms with Gasteiger partial charge in [-0.2, -0.15) is 0 Å². The van der Waals surface area contributed by atoms with Crippen molar-refractivity contribution in [3.05, 3.63) is 0 Å². The van der Waals surface area contributed by atoms with Crippen LogP contribution in [0.25, 0.3) is 0 Å². The Morgan fingerprint density at radius 1 is 1.57 bits per heavy atom. The summed E-state index contributed by atoms with van der Waals surface area (Å²) in [5, 5.41) is 0. The molecule has 0 aromatic carbocycles. The first-order valence-corrected chi connectivity index (χ1v) is 5.42. The Morgan fingerprint density at radius 2 is 2.14 bits per heavy atom. The van der Waals surface area contributed by atoms with Gasteiger partial charge in [0.05, 0.1) is 0 Å². The zero-order chi connectivity index (χ0) is 5.70. The average Bonchev–Trinajstić information content (AvgIpc) is 1.68. The van der Waals surface area contributed by atoms with E-state index in [0.717, 1.165) is 11.9 Å². The van der Waals surface area contributed by atoms with E-state index in [0.29, 0.717) is 0 Å². The molecule has 0 aliphatic carbocycles. The largest absolute Gasteiger partial charge is 0.410 e. The van der Waals surface area contributed by atoms with Crippen molar-refractivity contribution in [3.63, 3.8) is 0 Å². The van der Waals surface area contributed by atoms with Crippen molar-refractivity contribution in [2.45, 2.75) is 13.8 Å². The first-order chi connectivity index (χ1) is 3.31. The maximum atomic E-state index is 10.5. The van der Waals surface area contributed by atoms with Gasteiger partial charge in [0.1, 0.15) is 11.4 Å². The molecule has 0 aromatic heterocycles. The highest BCUT2D eigenvalue weighted by atomic mass is 32.7. The van der Waals surface area contributed by atoms with Gasteiger partial charge >= 0.3 is 7.00 Å². The highest BCUT2D eigenvalue weighted by Crippen LogP contribution is 2.35. The van der Waals surface area contributed by atoms with Gasteiger partial charge in [0, 0.05) is 5.75 Å². The molecule has 42 valence electrons. The fourth-order valence-electron chi connectivity index (χ4n) is 0.235. The van der Waals surface area contributed by atoms with Crippen LogP contribution in [0, 0.1) is 0 Å². The lowest BCUT2D eigenvalue weighted by atomic mass is 11.0. The van der Waals surface area contributed by atoms with Crippen LogP contribution in [0.2, 0.25) is 0 Å². The predicted octanol–water partition coefficient (Wildman–Crippen LogP) is 2.50. The molecule has 0 aliphatic rings. The molecule has 0 fully saturated rings. The zero-order valence-corrected chi connectivity index (χ0v) is 6.39. The van der Waals surface area contributed by atoms with Crippen LogP contribution in [-0.4, -0.2) is 11.9 Å². The minimum absolute atomic E-state index is 0.813. The third-order valence-electron chi connectivity index (χ3n) is 0.531. The molecule has 0 amide bonds. The summed E-state index contributed by atoms with van der Waals surface area (Å²) in [6, 6.07) is 0. The van der Waals surface area contributed by atoms with E-state index in [9.17, 15) is 4.57 Å². The molecule has 7 heavy (non-hydrogen) atoms. The molecule has 0 radical (unpaired) electrons.